The topological polar surface area (TPSA) is 68.6 Å². The molecule has 24 heavy (non-hydrogen) atoms. The van der Waals surface area contributed by atoms with Crippen molar-refractivity contribution >= 4 is 10.0 Å². The van der Waals surface area contributed by atoms with Gasteiger partial charge in [-0.1, -0.05) is 29.8 Å². The second-order valence-corrected chi connectivity index (χ2v) is 7.72. The van der Waals surface area contributed by atoms with Crippen molar-refractivity contribution in [2.24, 2.45) is 0 Å². The largest absolute Gasteiger partial charge is 0.379 e. The molecule has 128 valence electrons. The molecule has 1 aliphatic heterocycles. The molecule has 7 heteroatoms. The Balaban J connectivity index is 1.95. The molecule has 0 radical (unpaired) electrons. The van der Waals surface area contributed by atoms with Crippen molar-refractivity contribution in [1.82, 2.24) is 8.87 Å². The molecule has 3 rings (SSSR count). The highest BCUT2D eigenvalue weighted by molar-refractivity contribution is 7.89. The van der Waals surface area contributed by atoms with Gasteiger partial charge in [-0.2, -0.15) is 4.31 Å². The summed E-state index contributed by atoms with van der Waals surface area (Å²) in [5.74, 6) is 0. The number of aryl methyl sites for hydroxylation is 1. The van der Waals surface area contributed by atoms with Gasteiger partial charge in [0, 0.05) is 19.3 Å². The summed E-state index contributed by atoms with van der Waals surface area (Å²) in [5, 5.41) is 0. The molecule has 0 saturated carbocycles. The first kappa shape index (κ1) is 16.9. The van der Waals surface area contributed by atoms with E-state index in [9.17, 15) is 13.2 Å². The summed E-state index contributed by atoms with van der Waals surface area (Å²) >= 11 is 0. The Morgan fingerprint density at radius 1 is 1.12 bits per heavy atom. The van der Waals surface area contributed by atoms with Gasteiger partial charge >= 0.3 is 0 Å². The van der Waals surface area contributed by atoms with Gasteiger partial charge in [-0.05, 0) is 24.6 Å². The summed E-state index contributed by atoms with van der Waals surface area (Å²) in [7, 11) is -3.80. The molecule has 1 aromatic carbocycles. The average molecular weight is 348 g/mol. The third-order valence-corrected chi connectivity index (χ3v) is 5.92. The molecule has 0 spiro atoms. The van der Waals surface area contributed by atoms with Crippen molar-refractivity contribution in [3.05, 3.63) is 64.1 Å². The number of nitrogens with zero attached hydrogens (tertiary/aromatic N) is 2. The van der Waals surface area contributed by atoms with Gasteiger partial charge in [0.1, 0.15) is 4.90 Å². The van der Waals surface area contributed by atoms with Crippen molar-refractivity contribution < 1.29 is 13.2 Å². The van der Waals surface area contributed by atoms with Crippen LogP contribution in [-0.4, -0.2) is 43.6 Å². The minimum absolute atomic E-state index is 0.181. The standard InChI is InChI=1S/C17H20N2O4S/c1-14-4-2-5-15(12-14)13-18-7-3-6-16(17(18)20)24(21,22)19-8-10-23-11-9-19/h2-7,12H,8-11,13H2,1H3. The molecule has 0 N–H and O–H groups in total. The SMILES string of the molecule is Cc1cccc(Cn2cccc(S(=O)(=O)N3CCOCC3)c2=O)c1. The number of pyridine rings is 1. The van der Waals surface area contributed by atoms with E-state index in [0.29, 0.717) is 19.8 Å². The summed E-state index contributed by atoms with van der Waals surface area (Å²) in [5.41, 5.74) is 1.56. The molecule has 1 aromatic heterocycles. The molecular formula is C17H20N2O4S. The minimum atomic E-state index is -3.80. The van der Waals surface area contributed by atoms with E-state index in [0.717, 1.165) is 11.1 Å². The number of morpholine rings is 1. The fourth-order valence-electron chi connectivity index (χ4n) is 2.77. The molecular weight excluding hydrogens is 328 g/mol. The Kier molecular flexibility index (Phi) is 4.84. The number of aromatic nitrogens is 1. The zero-order valence-electron chi connectivity index (χ0n) is 13.5. The normalized spacial score (nSPS) is 16.2. The highest BCUT2D eigenvalue weighted by Gasteiger charge is 2.29. The van der Waals surface area contributed by atoms with E-state index < -0.39 is 15.6 Å². The van der Waals surface area contributed by atoms with Gasteiger partial charge in [0.15, 0.2) is 0 Å². The zero-order valence-corrected chi connectivity index (χ0v) is 14.3. The second kappa shape index (κ2) is 6.88. The number of benzene rings is 1. The van der Waals surface area contributed by atoms with E-state index in [1.165, 1.54) is 14.9 Å². The first-order chi connectivity index (χ1) is 11.5. The fourth-order valence-corrected chi connectivity index (χ4v) is 4.27. The predicted octanol–water partition coefficient (Wildman–Crippen LogP) is 1.23. The van der Waals surface area contributed by atoms with Crippen molar-refractivity contribution in [2.45, 2.75) is 18.4 Å². The highest BCUT2D eigenvalue weighted by Crippen LogP contribution is 2.14. The monoisotopic (exact) mass is 348 g/mol. The highest BCUT2D eigenvalue weighted by atomic mass is 32.2. The van der Waals surface area contributed by atoms with Crippen molar-refractivity contribution in [3.63, 3.8) is 0 Å². The second-order valence-electron chi connectivity index (χ2n) is 5.81. The fraction of sp³-hybridized carbons (Fsp3) is 0.353. The quantitative estimate of drug-likeness (QED) is 0.833. The summed E-state index contributed by atoms with van der Waals surface area (Å²) in [4.78, 5) is 12.5. The Labute approximate surface area is 141 Å². The van der Waals surface area contributed by atoms with E-state index >= 15 is 0 Å². The van der Waals surface area contributed by atoms with Crippen LogP contribution in [0.15, 0.2) is 52.3 Å². The summed E-state index contributed by atoms with van der Waals surface area (Å²) < 4.78 is 33.4. The maximum Gasteiger partial charge on any atom is 0.271 e. The Bertz CT molecular complexity index is 883. The molecule has 0 bridgehead atoms. The van der Waals surface area contributed by atoms with Crippen LogP contribution >= 0.6 is 0 Å². The number of hydrogen-bond donors (Lipinski definition) is 0. The van der Waals surface area contributed by atoms with E-state index in [1.807, 2.05) is 31.2 Å². The lowest BCUT2D eigenvalue weighted by Gasteiger charge is -2.25. The minimum Gasteiger partial charge on any atom is -0.379 e. The van der Waals surface area contributed by atoms with Crippen LogP contribution in [0.1, 0.15) is 11.1 Å². The summed E-state index contributed by atoms with van der Waals surface area (Å²) in [6.07, 6.45) is 1.61. The molecule has 0 aliphatic carbocycles. The summed E-state index contributed by atoms with van der Waals surface area (Å²) in [6, 6.07) is 10.8. The Morgan fingerprint density at radius 3 is 2.58 bits per heavy atom. The van der Waals surface area contributed by atoms with Crippen LogP contribution in [0, 0.1) is 6.92 Å². The van der Waals surface area contributed by atoms with Crippen LogP contribution in [0.5, 0.6) is 0 Å². The van der Waals surface area contributed by atoms with Gasteiger partial charge in [-0.25, -0.2) is 8.42 Å². The number of rotatable bonds is 4. The molecule has 0 atom stereocenters. The molecule has 1 fully saturated rings. The third-order valence-electron chi connectivity index (χ3n) is 4.01. The van der Waals surface area contributed by atoms with Crippen LogP contribution in [0.4, 0.5) is 0 Å². The molecule has 0 unspecified atom stereocenters. The third kappa shape index (κ3) is 3.43. The molecule has 6 nitrogen and oxygen atoms in total. The lowest BCUT2D eigenvalue weighted by atomic mass is 10.1. The van der Waals surface area contributed by atoms with Gasteiger partial charge in [0.05, 0.1) is 19.8 Å². The van der Waals surface area contributed by atoms with Crippen LogP contribution in [0.3, 0.4) is 0 Å². The molecule has 1 saturated heterocycles. The van der Waals surface area contributed by atoms with Gasteiger partial charge in [-0.3, -0.25) is 4.79 Å². The van der Waals surface area contributed by atoms with E-state index in [-0.39, 0.29) is 18.0 Å². The zero-order chi connectivity index (χ0) is 17.2. The van der Waals surface area contributed by atoms with Crippen LogP contribution in [0.2, 0.25) is 0 Å². The maximum atomic E-state index is 12.7. The van der Waals surface area contributed by atoms with E-state index in [2.05, 4.69) is 0 Å². The van der Waals surface area contributed by atoms with Gasteiger partial charge in [0.2, 0.25) is 10.0 Å². The molecule has 2 aromatic rings. The Hall–Kier alpha value is -1.96. The molecule has 0 amide bonds. The smallest absolute Gasteiger partial charge is 0.271 e. The predicted molar refractivity (Wildman–Crippen MR) is 90.6 cm³/mol. The van der Waals surface area contributed by atoms with Crippen LogP contribution in [0.25, 0.3) is 0 Å². The van der Waals surface area contributed by atoms with Crippen LogP contribution in [-0.2, 0) is 21.3 Å². The lowest BCUT2D eigenvalue weighted by Crippen LogP contribution is -2.43. The molecule has 2 heterocycles. The molecule has 1 aliphatic rings. The van der Waals surface area contributed by atoms with Gasteiger partial charge < -0.3 is 9.30 Å². The lowest BCUT2D eigenvalue weighted by molar-refractivity contribution is 0.0730. The number of hydrogen-bond acceptors (Lipinski definition) is 4. The first-order valence-corrected chi connectivity index (χ1v) is 9.25. The van der Waals surface area contributed by atoms with Crippen molar-refractivity contribution in [1.29, 1.82) is 0 Å². The Morgan fingerprint density at radius 2 is 1.88 bits per heavy atom. The van der Waals surface area contributed by atoms with E-state index in [1.54, 1.807) is 12.3 Å². The van der Waals surface area contributed by atoms with Crippen LogP contribution < -0.4 is 5.56 Å². The number of sulfonamides is 1. The van der Waals surface area contributed by atoms with E-state index in [4.69, 9.17) is 4.74 Å². The first-order valence-electron chi connectivity index (χ1n) is 7.81. The maximum absolute atomic E-state index is 12.7. The van der Waals surface area contributed by atoms with Crippen molar-refractivity contribution in [2.75, 3.05) is 26.3 Å². The number of ether oxygens (including phenoxy) is 1. The van der Waals surface area contributed by atoms with Crippen molar-refractivity contribution in [3.8, 4) is 0 Å². The summed E-state index contributed by atoms with van der Waals surface area (Å²) in [6.45, 7) is 3.56. The van der Waals surface area contributed by atoms with Gasteiger partial charge in [0.25, 0.3) is 5.56 Å². The van der Waals surface area contributed by atoms with Gasteiger partial charge in [-0.15, -0.1) is 0 Å². The average Bonchev–Trinajstić information content (AvgIpc) is 2.57.